The minimum absolute atomic E-state index is 0.0674. The van der Waals surface area contributed by atoms with E-state index in [1.807, 2.05) is 23.1 Å². The molecule has 1 aliphatic rings. The standard InChI is InChI=1S/C18H19ClN2O3/c19-14-4-1-3-13(11-14)12-17(22)21-8-6-15(7-9-21)20-18(23)16-5-2-10-24-16/h1-5,10-11,15H,6-9,12H2,(H,20,23). The van der Waals surface area contributed by atoms with Gasteiger partial charge in [-0.1, -0.05) is 23.7 Å². The van der Waals surface area contributed by atoms with Gasteiger partial charge in [0.25, 0.3) is 5.91 Å². The number of halogens is 1. The molecule has 0 unspecified atom stereocenters. The van der Waals surface area contributed by atoms with E-state index in [0.29, 0.717) is 30.3 Å². The summed E-state index contributed by atoms with van der Waals surface area (Å²) in [6.45, 7) is 1.28. The Labute approximate surface area is 145 Å². The molecule has 0 spiro atoms. The second-order valence-electron chi connectivity index (χ2n) is 5.91. The maximum absolute atomic E-state index is 12.4. The molecule has 1 aromatic carbocycles. The summed E-state index contributed by atoms with van der Waals surface area (Å²) in [5.74, 6) is 0.200. The van der Waals surface area contributed by atoms with E-state index in [4.69, 9.17) is 16.0 Å². The van der Waals surface area contributed by atoms with E-state index >= 15 is 0 Å². The van der Waals surface area contributed by atoms with Crippen LogP contribution in [0.3, 0.4) is 0 Å². The molecule has 24 heavy (non-hydrogen) atoms. The maximum atomic E-state index is 12.4. The van der Waals surface area contributed by atoms with Crippen molar-refractivity contribution < 1.29 is 14.0 Å². The first-order valence-corrected chi connectivity index (χ1v) is 8.36. The summed E-state index contributed by atoms with van der Waals surface area (Å²) in [5, 5.41) is 3.59. The van der Waals surface area contributed by atoms with E-state index < -0.39 is 0 Å². The number of carbonyl (C=O) groups is 2. The molecule has 0 bridgehead atoms. The number of nitrogens with one attached hydrogen (secondary N) is 1. The second-order valence-corrected chi connectivity index (χ2v) is 6.35. The van der Waals surface area contributed by atoms with Crippen molar-refractivity contribution in [2.75, 3.05) is 13.1 Å². The average Bonchev–Trinajstić information content (AvgIpc) is 3.10. The number of nitrogens with zero attached hydrogens (tertiary/aromatic N) is 1. The van der Waals surface area contributed by atoms with E-state index in [-0.39, 0.29) is 17.9 Å². The fourth-order valence-electron chi connectivity index (χ4n) is 2.87. The first-order chi connectivity index (χ1) is 11.6. The number of hydrogen-bond donors (Lipinski definition) is 1. The van der Waals surface area contributed by atoms with Crippen LogP contribution in [-0.2, 0) is 11.2 Å². The molecule has 0 aliphatic carbocycles. The summed E-state index contributed by atoms with van der Waals surface area (Å²) in [6, 6.07) is 10.8. The predicted molar refractivity (Wildman–Crippen MR) is 90.9 cm³/mol. The summed E-state index contributed by atoms with van der Waals surface area (Å²) >= 11 is 5.95. The Morgan fingerprint density at radius 3 is 2.67 bits per heavy atom. The van der Waals surface area contributed by atoms with Gasteiger partial charge >= 0.3 is 0 Å². The van der Waals surface area contributed by atoms with Gasteiger partial charge in [0.05, 0.1) is 12.7 Å². The number of furan rings is 1. The number of hydrogen-bond acceptors (Lipinski definition) is 3. The largest absolute Gasteiger partial charge is 0.459 e. The predicted octanol–water partition coefficient (Wildman–Crippen LogP) is 2.90. The number of carbonyl (C=O) groups excluding carboxylic acids is 2. The molecular formula is C18H19ClN2O3. The molecule has 1 saturated heterocycles. The van der Waals surface area contributed by atoms with Crippen molar-refractivity contribution in [3.8, 4) is 0 Å². The lowest BCUT2D eigenvalue weighted by Crippen LogP contribution is -2.46. The van der Waals surface area contributed by atoms with Crippen molar-refractivity contribution in [3.63, 3.8) is 0 Å². The number of rotatable bonds is 4. The monoisotopic (exact) mass is 346 g/mol. The summed E-state index contributed by atoms with van der Waals surface area (Å²) in [4.78, 5) is 26.2. The van der Waals surface area contributed by atoms with Gasteiger partial charge in [0.2, 0.25) is 5.91 Å². The Morgan fingerprint density at radius 2 is 2.00 bits per heavy atom. The van der Waals surface area contributed by atoms with Crippen LogP contribution in [0.5, 0.6) is 0 Å². The molecule has 0 saturated carbocycles. The first-order valence-electron chi connectivity index (χ1n) is 7.98. The molecular weight excluding hydrogens is 328 g/mol. The van der Waals surface area contributed by atoms with Crippen LogP contribution in [0.4, 0.5) is 0 Å². The van der Waals surface area contributed by atoms with Gasteiger partial charge in [-0.15, -0.1) is 0 Å². The SMILES string of the molecule is O=C(NC1CCN(C(=O)Cc2cccc(Cl)c2)CC1)c1ccco1. The fraction of sp³-hybridized carbons (Fsp3) is 0.333. The number of amides is 2. The third kappa shape index (κ3) is 4.17. The highest BCUT2D eigenvalue weighted by molar-refractivity contribution is 6.30. The number of benzene rings is 1. The van der Waals surface area contributed by atoms with Gasteiger partial charge in [0, 0.05) is 24.2 Å². The van der Waals surface area contributed by atoms with Crippen molar-refractivity contribution in [1.82, 2.24) is 10.2 Å². The summed E-state index contributed by atoms with van der Waals surface area (Å²) < 4.78 is 5.08. The molecule has 126 valence electrons. The Morgan fingerprint density at radius 1 is 1.21 bits per heavy atom. The van der Waals surface area contributed by atoms with Crippen LogP contribution in [0.1, 0.15) is 29.0 Å². The molecule has 1 fully saturated rings. The third-order valence-electron chi connectivity index (χ3n) is 4.17. The highest BCUT2D eigenvalue weighted by atomic mass is 35.5. The molecule has 0 atom stereocenters. The van der Waals surface area contributed by atoms with Gasteiger partial charge in [-0.25, -0.2) is 0 Å². The van der Waals surface area contributed by atoms with Crippen molar-refractivity contribution in [2.24, 2.45) is 0 Å². The zero-order valence-corrected chi connectivity index (χ0v) is 14.0. The lowest BCUT2D eigenvalue weighted by molar-refractivity contribution is -0.131. The lowest BCUT2D eigenvalue weighted by atomic mass is 10.0. The topological polar surface area (TPSA) is 62.6 Å². The molecule has 2 aromatic rings. The Kier molecular flexibility index (Phi) is 5.20. The van der Waals surface area contributed by atoms with Gasteiger partial charge in [-0.3, -0.25) is 9.59 Å². The molecule has 3 rings (SSSR count). The molecule has 6 heteroatoms. The average molecular weight is 347 g/mol. The third-order valence-corrected chi connectivity index (χ3v) is 4.41. The van der Waals surface area contributed by atoms with E-state index in [1.54, 1.807) is 18.2 Å². The Balaban J connectivity index is 1.48. The quantitative estimate of drug-likeness (QED) is 0.925. The van der Waals surface area contributed by atoms with Crippen molar-refractivity contribution >= 4 is 23.4 Å². The maximum Gasteiger partial charge on any atom is 0.287 e. The summed E-state index contributed by atoms with van der Waals surface area (Å²) in [5.41, 5.74) is 0.917. The van der Waals surface area contributed by atoms with Crippen LogP contribution in [0.25, 0.3) is 0 Å². The van der Waals surface area contributed by atoms with Gasteiger partial charge < -0.3 is 14.6 Å². The zero-order chi connectivity index (χ0) is 16.9. The lowest BCUT2D eigenvalue weighted by Gasteiger charge is -2.32. The van der Waals surface area contributed by atoms with E-state index in [9.17, 15) is 9.59 Å². The van der Waals surface area contributed by atoms with Gasteiger partial charge in [-0.2, -0.15) is 0 Å². The van der Waals surface area contributed by atoms with E-state index in [1.165, 1.54) is 6.26 Å². The Bertz CT molecular complexity index is 707. The molecule has 0 radical (unpaired) electrons. The molecule has 5 nitrogen and oxygen atoms in total. The van der Waals surface area contributed by atoms with Crippen molar-refractivity contribution in [3.05, 3.63) is 59.0 Å². The van der Waals surface area contributed by atoms with Gasteiger partial charge in [-0.05, 0) is 42.7 Å². The molecule has 1 aromatic heterocycles. The molecule has 1 N–H and O–H groups in total. The summed E-state index contributed by atoms with van der Waals surface area (Å²) in [6.07, 6.45) is 3.32. The Hall–Kier alpha value is -2.27. The highest BCUT2D eigenvalue weighted by Crippen LogP contribution is 2.15. The van der Waals surface area contributed by atoms with Crippen LogP contribution < -0.4 is 5.32 Å². The molecule has 1 aliphatic heterocycles. The smallest absolute Gasteiger partial charge is 0.287 e. The minimum atomic E-state index is -0.205. The van der Waals surface area contributed by atoms with E-state index in [0.717, 1.165) is 18.4 Å². The van der Waals surface area contributed by atoms with Gasteiger partial charge in [0.15, 0.2) is 5.76 Å². The number of piperidine rings is 1. The normalized spacial score (nSPS) is 15.3. The first kappa shape index (κ1) is 16.6. The fourth-order valence-corrected chi connectivity index (χ4v) is 3.08. The molecule has 2 heterocycles. The van der Waals surface area contributed by atoms with Gasteiger partial charge in [0.1, 0.15) is 0 Å². The van der Waals surface area contributed by atoms with Crippen LogP contribution in [-0.4, -0.2) is 35.8 Å². The second kappa shape index (κ2) is 7.53. The van der Waals surface area contributed by atoms with Crippen molar-refractivity contribution in [2.45, 2.75) is 25.3 Å². The zero-order valence-electron chi connectivity index (χ0n) is 13.2. The van der Waals surface area contributed by atoms with Crippen LogP contribution in [0.2, 0.25) is 5.02 Å². The van der Waals surface area contributed by atoms with Crippen molar-refractivity contribution in [1.29, 1.82) is 0 Å². The van der Waals surface area contributed by atoms with Crippen LogP contribution >= 0.6 is 11.6 Å². The van der Waals surface area contributed by atoms with Crippen LogP contribution in [0.15, 0.2) is 47.1 Å². The highest BCUT2D eigenvalue weighted by Gasteiger charge is 2.24. The van der Waals surface area contributed by atoms with E-state index in [2.05, 4.69) is 5.32 Å². The summed E-state index contributed by atoms with van der Waals surface area (Å²) in [7, 11) is 0. The minimum Gasteiger partial charge on any atom is -0.459 e. The van der Waals surface area contributed by atoms with Crippen LogP contribution in [0, 0.1) is 0 Å². The number of likely N-dealkylation sites (tertiary alicyclic amines) is 1. The molecule has 2 amide bonds.